The van der Waals surface area contributed by atoms with Gasteiger partial charge in [-0.05, 0) is 60.3 Å². The third kappa shape index (κ3) is 3.49. The van der Waals surface area contributed by atoms with Crippen molar-refractivity contribution >= 4 is 46.3 Å². The van der Waals surface area contributed by atoms with Crippen LogP contribution < -0.4 is 4.90 Å². The summed E-state index contributed by atoms with van der Waals surface area (Å²) in [4.78, 5) is 26.2. The molecule has 0 bridgehead atoms. The van der Waals surface area contributed by atoms with Crippen LogP contribution in [-0.2, 0) is 4.79 Å². The Balaban J connectivity index is 1.61. The van der Waals surface area contributed by atoms with E-state index in [9.17, 15) is 14.7 Å². The first kappa shape index (κ1) is 17.5. The van der Waals surface area contributed by atoms with Crippen molar-refractivity contribution in [2.45, 2.75) is 0 Å². The number of imide groups is 1. The molecule has 7 heteroatoms. The molecule has 1 fully saturated rings. The van der Waals surface area contributed by atoms with Crippen LogP contribution in [0.5, 0.6) is 5.75 Å². The van der Waals surface area contributed by atoms with Crippen molar-refractivity contribution in [3.63, 3.8) is 0 Å². The summed E-state index contributed by atoms with van der Waals surface area (Å²) in [6.07, 6.45) is 1.54. The quantitative estimate of drug-likeness (QED) is 0.587. The van der Waals surface area contributed by atoms with Crippen molar-refractivity contribution in [3.8, 4) is 17.1 Å². The van der Waals surface area contributed by atoms with Gasteiger partial charge in [0.15, 0.2) is 0 Å². The summed E-state index contributed by atoms with van der Waals surface area (Å²) in [5, 5.41) is 9.56. The van der Waals surface area contributed by atoms with Crippen LogP contribution in [0.4, 0.5) is 10.5 Å². The number of anilines is 1. The third-order valence-electron chi connectivity index (χ3n) is 3.91. The number of hydrogen-bond donors (Lipinski definition) is 1. The first-order valence-electron chi connectivity index (χ1n) is 7.94. The van der Waals surface area contributed by atoms with Gasteiger partial charge in [-0.25, -0.2) is 4.90 Å². The molecule has 2 aromatic carbocycles. The average Bonchev–Trinajstić information content (AvgIpc) is 3.21. The molecule has 0 spiro atoms. The van der Waals surface area contributed by atoms with Crippen molar-refractivity contribution in [2.75, 3.05) is 4.90 Å². The van der Waals surface area contributed by atoms with Gasteiger partial charge in [-0.1, -0.05) is 23.7 Å². The maximum atomic E-state index is 12.6. The van der Waals surface area contributed by atoms with Crippen molar-refractivity contribution in [1.29, 1.82) is 0 Å². The lowest BCUT2D eigenvalue weighted by Crippen LogP contribution is -2.27. The van der Waals surface area contributed by atoms with E-state index >= 15 is 0 Å². The van der Waals surface area contributed by atoms with Crippen LogP contribution in [0, 0.1) is 0 Å². The van der Waals surface area contributed by atoms with E-state index in [1.165, 1.54) is 24.3 Å². The first-order chi connectivity index (χ1) is 13.0. The molecule has 2 heterocycles. The van der Waals surface area contributed by atoms with Gasteiger partial charge < -0.3 is 9.52 Å². The van der Waals surface area contributed by atoms with E-state index in [1.807, 2.05) is 12.1 Å². The van der Waals surface area contributed by atoms with E-state index < -0.39 is 11.1 Å². The molecule has 1 aliphatic rings. The Morgan fingerprint density at radius 3 is 2.56 bits per heavy atom. The van der Waals surface area contributed by atoms with Crippen LogP contribution in [0.15, 0.2) is 70.0 Å². The normalized spacial score (nSPS) is 15.7. The number of phenols is 1. The van der Waals surface area contributed by atoms with Crippen LogP contribution >= 0.6 is 23.4 Å². The molecule has 5 nitrogen and oxygen atoms in total. The maximum Gasteiger partial charge on any atom is 0.298 e. The van der Waals surface area contributed by atoms with E-state index in [0.29, 0.717) is 22.2 Å². The van der Waals surface area contributed by atoms with E-state index in [1.54, 1.807) is 30.3 Å². The van der Waals surface area contributed by atoms with Crippen molar-refractivity contribution in [1.82, 2.24) is 0 Å². The second-order valence-corrected chi connectivity index (χ2v) is 7.18. The second-order valence-electron chi connectivity index (χ2n) is 5.75. The molecule has 134 valence electrons. The molecule has 0 aliphatic carbocycles. The van der Waals surface area contributed by atoms with Gasteiger partial charge >= 0.3 is 0 Å². The Morgan fingerprint density at radius 1 is 1.04 bits per heavy atom. The highest BCUT2D eigenvalue weighted by Gasteiger charge is 2.36. The Bertz CT molecular complexity index is 1070. The maximum absolute atomic E-state index is 12.6. The third-order valence-corrected chi connectivity index (χ3v) is 5.02. The average molecular weight is 398 g/mol. The van der Waals surface area contributed by atoms with Crippen molar-refractivity contribution in [3.05, 3.63) is 76.4 Å². The van der Waals surface area contributed by atoms with Gasteiger partial charge in [-0.2, -0.15) is 0 Å². The lowest BCUT2D eigenvalue weighted by Gasteiger charge is -2.11. The molecule has 1 saturated heterocycles. The van der Waals surface area contributed by atoms with Gasteiger partial charge in [-0.3, -0.25) is 9.59 Å². The van der Waals surface area contributed by atoms with E-state index in [2.05, 4.69) is 0 Å². The van der Waals surface area contributed by atoms with Crippen LogP contribution in [0.1, 0.15) is 5.76 Å². The lowest BCUT2D eigenvalue weighted by molar-refractivity contribution is -0.113. The lowest BCUT2D eigenvalue weighted by atomic mass is 10.2. The van der Waals surface area contributed by atoms with Crippen LogP contribution in [0.2, 0.25) is 5.02 Å². The topological polar surface area (TPSA) is 70.8 Å². The Kier molecular flexibility index (Phi) is 4.51. The monoisotopic (exact) mass is 397 g/mol. The molecule has 0 atom stereocenters. The molecule has 3 aromatic rings. The summed E-state index contributed by atoms with van der Waals surface area (Å²) in [7, 11) is 0. The van der Waals surface area contributed by atoms with Crippen LogP contribution in [0.3, 0.4) is 0 Å². The summed E-state index contributed by atoms with van der Waals surface area (Å²) in [6, 6.07) is 16.6. The van der Waals surface area contributed by atoms with E-state index in [0.717, 1.165) is 22.2 Å². The largest absolute Gasteiger partial charge is 0.508 e. The zero-order valence-electron chi connectivity index (χ0n) is 13.8. The fourth-order valence-corrected chi connectivity index (χ4v) is 3.66. The molecule has 0 radical (unpaired) electrons. The number of carbonyl (C=O) groups is 2. The number of nitrogens with zero attached hydrogens (tertiary/aromatic N) is 1. The van der Waals surface area contributed by atoms with Gasteiger partial charge in [0.1, 0.15) is 17.3 Å². The smallest absolute Gasteiger partial charge is 0.298 e. The SMILES string of the molecule is O=C1S/C(=C/c2ccc(-c3cccc(Cl)c3)o2)C(=O)N1c1ccc(O)cc1. The fourth-order valence-electron chi connectivity index (χ4n) is 2.65. The van der Waals surface area contributed by atoms with E-state index in [4.69, 9.17) is 16.0 Å². The van der Waals surface area contributed by atoms with Crippen LogP contribution in [-0.4, -0.2) is 16.3 Å². The molecule has 1 N–H and O–H groups in total. The summed E-state index contributed by atoms with van der Waals surface area (Å²) >= 11 is 6.84. The minimum absolute atomic E-state index is 0.0605. The molecule has 27 heavy (non-hydrogen) atoms. The summed E-state index contributed by atoms with van der Waals surface area (Å²) in [5.41, 5.74) is 1.22. The second kappa shape index (κ2) is 6.98. The molecule has 1 aliphatic heterocycles. The Labute approximate surface area is 163 Å². The molecule has 1 aromatic heterocycles. The number of hydrogen-bond acceptors (Lipinski definition) is 5. The minimum Gasteiger partial charge on any atom is -0.508 e. The van der Waals surface area contributed by atoms with Crippen molar-refractivity contribution < 1.29 is 19.1 Å². The highest BCUT2D eigenvalue weighted by molar-refractivity contribution is 8.19. The number of furan rings is 1. The predicted molar refractivity (Wildman–Crippen MR) is 106 cm³/mol. The molecule has 0 saturated carbocycles. The highest BCUT2D eigenvalue weighted by Crippen LogP contribution is 2.36. The highest BCUT2D eigenvalue weighted by atomic mass is 35.5. The summed E-state index contributed by atoms with van der Waals surface area (Å²) < 4.78 is 5.76. The molecule has 0 unspecified atom stereocenters. The number of thioether (sulfide) groups is 1. The zero-order valence-corrected chi connectivity index (χ0v) is 15.3. The number of halogens is 1. The van der Waals surface area contributed by atoms with Crippen molar-refractivity contribution in [2.24, 2.45) is 0 Å². The predicted octanol–water partition coefficient (Wildman–Crippen LogP) is 5.55. The van der Waals surface area contributed by atoms with Gasteiger partial charge in [0, 0.05) is 16.7 Å². The minimum atomic E-state index is -0.434. The Morgan fingerprint density at radius 2 is 1.81 bits per heavy atom. The standard InChI is InChI=1S/C20H12ClNO4S/c21-13-3-1-2-12(10-13)17-9-8-16(26-17)11-18-19(24)22(20(25)27-18)14-4-6-15(23)7-5-14/h1-11,23H/b18-11+. The number of rotatable bonds is 3. The molecular weight excluding hydrogens is 386 g/mol. The summed E-state index contributed by atoms with van der Waals surface area (Å²) in [5.74, 6) is 0.699. The summed E-state index contributed by atoms with van der Waals surface area (Å²) in [6.45, 7) is 0. The molecule has 2 amide bonds. The molecular formula is C20H12ClNO4S. The zero-order chi connectivity index (χ0) is 19.0. The van der Waals surface area contributed by atoms with Gasteiger partial charge in [0.2, 0.25) is 0 Å². The van der Waals surface area contributed by atoms with E-state index in [-0.39, 0.29) is 10.7 Å². The van der Waals surface area contributed by atoms with Crippen LogP contribution in [0.25, 0.3) is 17.4 Å². The number of carbonyl (C=O) groups excluding carboxylic acids is 2. The van der Waals surface area contributed by atoms with Gasteiger partial charge in [0.05, 0.1) is 10.6 Å². The number of aromatic hydroxyl groups is 1. The van der Waals surface area contributed by atoms with Gasteiger partial charge in [-0.15, -0.1) is 0 Å². The Hall–Kier alpha value is -2.96. The van der Waals surface area contributed by atoms with Gasteiger partial charge in [0.25, 0.3) is 11.1 Å². The number of phenolic OH excluding ortho intramolecular Hbond substituents is 1. The fraction of sp³-hybridized carbons (Fsp3) is 0. The first-order valence-corrected chi connectivity index (χ1v) is 9.13. The molecule has 4 rings (SSSR count). The number of benzene rings is 2. The number of amides is 2.